The zero-order valence-electron chi connectivity index (χ0n) is 13.1. The topological polar surface area (TPSA) is 54.3 Å². The van der Waals surface area contributed by atoms with Gasteiger partial charge in [-0.25, -0.2) is 4.98 Å². The van der Waals surface area contributed by atoms with Crippen molar-refractivity contribution in [2.45, 2.75) is 18.9 Å². The zero-order valence-corrected chi connectivity index (χ0v) is 13.9. The third kappa shape index (κ3) is 3.82. The Hall–Kier alpha value is -2.08. The molecule has 2 aromatic rings. The van der Waals surface area contributed by atoms with E-state index in [9.17, 15) is 4.79 Å². The number of rotatable bonds is 4. The van der Waals surface area contributed by atoms with Crippen molar-refractivity contribution in [3.05, 3.63) is 41.8 Å². The Morgan fingerprint density at radius 1 is 1.48 bits per heavy atom. The summed E-state index contributed by atoms with van der Waals surface area (Å²) in [7, 11) is 1.86. The van der Waals surface area contributed by atoms with Crippen LogP contribution in [0.3, 0.4) is 0 Å². The lowest BCUT2D eigenvalue weighted by Crippen LogP contribution is -2.45. The van der Waals surface area contributed by atoms with Crippen LogP contribution in [0, 0.1) is 0 Å². The second-order valence-electron chi connectivity index (χ2n) is 5.81. The van der Waals surface area contributed by atoms with E-state index in [4.69, 9.17) is 11.6 Å². The summed E-state index contributed by atoms with van der Waals surface area (Å²) in [6.45, 7) is 1.82. The predicted molar refractivity (Wildman–Crippen MR) is 89.6 cm³/mol. The van der Waals surface area contributed by atoms with E-state index in [0.717, 1.165) is 25.2 Å². The monoisotopic (exact) mass is 333 g/mol. The van der Waals surface area contributed by atoms with Crippen molar-refractivity contribution >= 4 is 23.3 Å². The molecular formula is C16H20ClN5O. The number of hydrogen-bond donors (Lipinski definition) is 0. The van der Waals surface area contributed by atoms with Crippen molar-refractivity contribution in [1.82, 2.24) is 19.7 Å². The highest BCUT2D eigenvalue weighted by Gasteiger charge is 2.25. The lowest BCUT2D eigenvalue weighted by molar-refractivity contribution is -0.131. The molecule has 1 aliphatic heterocycles. The van der Waals surface area contributed by atoms with Crippen molar-refractivity contribution in [2.75, 3.05) is 31.6 Å². The molecule has 0 spiro atoms. The van der Waals surface area contributed by atoms with Gasteiger partial charge in [0.2, 0.25) is 5.91 Å². The smallest absolute Gasteiger partial charge is 0.242 e. The van der Waals surface area contributed by atoms with Crippen molar-refractivity contribution in [1.29, 1.82) is 0 Å². The van der Waals surface area contributed by atoms with Crippen molar-refractivity contribution in [3.8, 4) is 0 Å². The van der Waals surface area contributed by atoms with Gasteiger partial charge in [-0.15, -0.1) is 0 Å². The predicted octanol–water partition coefficient (Wildman–Crippen LogP) is 2.23. The van der Waals surface area contributed by atoms with Gasteiger partial charge < -0.3 is 9.80 Å². The number of carbonyl (C=O) groups excluding carboxylic acids is 1. The van der Waals surface area contributed by atoms with Crippen molar-refractivity contribution < 1.29 is 4.79 Å². The van der Waals surface area contributed by atoms with Gasteiger partial charge in [0.15, 0.2) is 0 Å². The first kappa shape index (κ1) is 15.8. The Labute approximate surface area is 140 Å². The minimum Gasteiger partial charge on any atom is -0.350 e. The molecule has 1 aliphatic rings. The maximum absolute atomic E-state index is 12.6. The fourth-order valence-corrected chi connectivity index (χ4v) is 2.98. The van der Waals surface area contributed by atoms with Crippen LogP contribution in [0.5, 0.6) is 0 Å². The minimum atomic E-state index is 0.112. The van der Waals surface area contributed by atoms with Gasteiger partial charge in [0.05, 0.1) is 17.6 Å². The van der Waals surface area contributed by atoms with Crippen LogP contribution in [0.2, 0.25) is 5.02 Å². The minimum absolute atomic E-state index is 0.112. The molecule has 3 heterocycles. The number of hydrogen-bond acceptors (Lipinski definition) is 4. The molecule has 1 saturated heterocycles. The molecule has 1 atom stereocenters. The Morgan fingerprint density at radius 2 is 2.35 bits per heavy atom. The number of carbonyl (C=O) groups is 1. The van der Waals surface area contributed by atoms with Gasteiger partial charge in [0, 0.05) is 38.7 Å². The summed E-state index contributed by atoms with van der Waals surface area (Å²) in [6, 6.07) is 5.78. The lowest BCUT2D eigenvalue weighted by atomic mass is 10.1. The first-order valence-electron chi connectivity index (χ1n) is 7.73. The number of halogens is 1. The highest BCUT2D eigenvalue weighted by molar-refractivity contribution is 6.30. The van der Waals surface area contributed by atoms with E-state index >= 15 is 0 Å². The van der Waals surface area contributed by atoms with Crippen LogP contribution in [-0.4, -0.2) is 52.3 Å². The fraction of sp³-hybridized carbons (Fsp3) is 0.438. The van der Waals surface area contributed by atoms with Gasteiger partial charge in [-0.3, -0.25) is 9.48 Å². The van der Waals surface area contributed by atoms with E-state index in [1.165, 1.54) is 0 Å². The van der Waals surface area contributed by atoms with Crippen LogP contribution < -0.4 is 4.90 Å². The molecule has 3 rings (SSSR count). The molecule has 7 heteroatoms. The molecule has 1 amide bonds. The van der Waals surface area contributed by atoms with Gasteiger partial charge >= 0.3 is 0 Å². The number of amides is 1. The Morgan fingerprint density at radius 3 is 3.04 bits per heavy atom. The van der Waals surface area contributed by atoms with Crippen LogP contribution >= 0.6 is 11.6 Å². The number of pyridine rings is 1. The van der Waals surface area contributed by atoms with Crippen LogP contribution in [-0.2, 0) is 4.79 Å². The lowest BCUT2D eigenvalue weighted by Gasteiger charge is -2.34. The van der Waals surface area contributed by atoms with Gasteiger partial charge in [-0.1, -0.05) is 11.6 Å². The summed E-state index contributed by atoms with van der Waals surface area (Å²) in [6.07, 6.45) is 7.38. The summed E-state index contributed by atoms with van der Waals surface area (Å²) in [5.41, 5.74) is 0. The molecule has 0 aliphatic carbocycles. The standard InChI is InChI=1S/C16H20ClN5O/c1-20(15-6-5-13(17)10-18-15)12-16(23)21-8-2-4-14(11-21)22-9-3-7-19-22/h3,5-7,9-10,14H,2,4,8,11-12H2,1H3. The van der Waals surface area contributed by atoms with E-state index in [-0.39, 0.29) is 11.9 Å². The maximum Gasteiger partial charge on any atom is 0.242 e. The number of likely N-dealkylation sites (N-methyl/N-ethyl adjacent to an activating group) is 1. The molecule has 0 radical (unpaired) electrons. The van der Waals surface area contributed by atoms with E-state index in [0.29, 0.717) is 18.1 Å². The molecule has 0 saturated carbocycles. The summed E-state index contributed by atoms with van der Waals surface area (Å²) in [4.78, 5) is 20.6. The Bertz CT molecular complexity index is 643. The van der Waals surface area contributed by atoms with Gasteiger partial charge in [-0.05, 0) is 31.0 Å². The second kappa shape index (κ2) is 7.00. The summed E-state index contributed by atoms with van der Waals surface area (Å²) in [5, 5.41) is 4.89. The van der Waals surface area contributed by atoms with Crippen molar-refractivity contribution in [2.24, 2.45) is 0 Å². The average molecular weight is 334 g/mol. The molecule has 0 bridgehead atoms. The molecule has 23 heavy (non-hydrogen) atoms. The van der Waals surface area contributed by atoms with Crippen LogP contribution in [0.15, 0.2) is 36.8 Å². The molecule has 0 N–H and O–H groups in total. The number of nitrogens with zero attached hydrogens (tertiary/aromatic N) is 5. The number of likely N-dealkylation sites (tertiary alicyclic amines) is 1. The van der Waals surface area contributed by atoms with Gasteiger partial charge in [-0.2, -0.15) is 5.10 Å². The normalized spacial score (nSPS) is 18.0. The summed E-state index contributed by atoms with van der Waals surface area (Å²) in [5.74, 6) is 0.851. The summed E-state index contributed by atoms with van der Waals surface area (Å²) >= 11 is 5.84. The first-order valence-corrected chi connectivity index (χ1v) is 8.11. The van der Waals surface area contributed by atoms with Crippen molar-refractivity contribution in [3.63, 3.8) is 0 Å². The third-order valence-corrected chi connectivity index (χ3v) is 4.35. The molecule has 6 nitrogen and oxygen atoms in total. The fourth-order valence-electron chi connectivity index (χ4n) is 2.87. The first-order chi connectivity index (χ1) is 11.1. The number of anilines is 1. The highest BCUT2D eigenvalue weighted by atomic mass is 35.5. The molecule has 1 unspecified atom stereocenters. The molecule has 122 valence electrons. The van der Waals surface area contributed by atoms with E-state index in [2.05, 4.69) is 10.1 Å². The Kier molecular flexibility index (Phi) is 4.81. The second-order valence-corrected chi connectivity index (χ2v) is 6.25. The average Bonchev–Trinajstić information content (AvgIpc) is 3.10. The SMILES string of the molecule is CN(CC(=O)N1CCCC(n2cccn2)C1)c1ccc(Cl)cn1. The Balaban J connectivity index is 1.60. The molecule has 1 fully saturated rings. The number of piperidine rings is 1. The maximum atomic E-state index is 12.6. The third-order valence-electron chi connectivity index (χ3n) is 4.12. The van der Waals surface area contributed by atoms with Crippen LogP contribution in [0.1, 0.15) is 18.9 Å². The van der Waals surface area contributed by atoms with Gasteiger partial charge in [0.1, 0.15) is 5.82 Å². The quantitative estimate of drug-likeness (QED) is 0.861. The molecule has 2 aromatic heterocycles. The van der Waals surface area contributed by atoms with Crippen LogP contribution in [0.4, 0.5) is 5.82 Å². The van der Waals surface area contributed by atoms with Gasteiger partial charge in [0.25, 0.3) is 0 Å². The molecule has 0 aromatic carbocycles. The number of aromatic nitrogens is 3. The zero-order chi connectivity index (χ0) is 16.2. The summed E-state index contributed by atoms with van der Waals surface area (Å²) < 4.78 is 1.95. The van der Waals surface area contributed by atoms with E-state index < -0.39 is 0 Å². The van der Waals surface area contributed by atoms with Crippen LogP contribution in [0.25, 0.3) is 0 Å². The largest absolute Gasteiger partial charge is 0.350 e. The van der Waals surface area contributed by atoms with E-state index in [1.807, 2.05) is 39.9 Å². The molecular weight excluding hydrogens is 314 g/mol. The van der Waals surface area contributed by atoms with E-state index in [1.54, 1.807) is 18.5 Å². The highest BCUT2D eigenvalue weighted by Crippen LogP contribution is 2.21.